The Kier molecular flexibility index (Phi) is 3.13. The third-order valence-corrected chi connectivity index (χ3v) is 3.40. The number of pyridine rings is 1. The molecule has 3 aromatic rings. The van der Waals surface area contributed by atoms with E-state index in [4.69, 9.17) is 12.2 Å². The maximum absolute atomic E-state index is 5.28. The van der Waals surface area contributed by atoms with Crippen LogP contribution in [-0.4, -0.2) is 19.7 Å². The fourth-order valence-electron chi connectivity index (χ4n) is 2.23. The summed E-state index contributed by atoms with van der Waals surface area (Å²) in [6, 6.07) is 10.2. The molecule has 0 aliphatic rings. The van der Waals surface area contributed by atoms with Gasteiger partial charge in [0.05, 0.1) is 0 Å². The molecule has 2 aromatic heterocycles. The lowest BCUT2D eigenvalue weighted by molar-refractivity contribution is 0.674. The monoisotopic (exact) mass is 270 g/mol. The van der Waals surface area contributed by atoms with E-state index in [9.17, 15) is 0 Å². The van der Waals surface area contributed by atoms with Crippen molar-refractivity contribution in [3.63, 3.8) is 0 Å². The zero-order valence-electron chi connectivity index (χ0n) is 10.6. The number of rotatable bonds is 3. The second-order valence-corrected chi connectivity index (χ2v) is 4.77. The molecule has 0 atom stereocenters. The minimum atomic E-state index is 0.645. The normalized spacial score (nSPS) is 11.0. The number of nitrogens with zero attached hydrogens (tertiary/aromatic N) is 3. The number of nitrogens with one attached hydrogen (secondary N) is 1. The highest BCUT2D eigenvalue weighted by Gasteiger charge is 2.12. The molecule has 0 amide bonds. The average Bonchev–Trinajstić information content (AvgIpc) is 2.80. The smallest absolute Gasteiger partial charge is 0.195 e. The van der Waals surface area contributed by atoms with Gasteiger partial charge in [-0.3, -0.25) is 14.6 Å². The summed E-state index contributed by atoms with van der Waals surface area (Å²) >= 11 is 5.28. The van der Waals surface area contributed by atoms with Gasteiger partial charge in [0.1, 0.15) is 5.69 Å². The minimum Gasteiger partial charge on any atom is -0.299 e. The van der Waals surface area contributed by atoms with Crippen LogP contribution in [0.5, 0.6) is 0 Å². The summed E-state index contributed by atoms with van der Waals surface area (Å²) in [4.78, 5) is 4.48. The number of hydrogen-bond acceptors (Lipinski definition) is 3. The number of aromatic amines is 1. The Labute approximate surface area is 116 Å². The van der Waals surface area contributed by atoms with Crippen molar-refractivity contribution in [2.75, 3.05) is 0 Å². The molecule has 0 unspecified atom stereocenters. The molecule has 1 aromatic carbocycles. The lowest BCUT2D eigenvalue weighted by Crippen LogP contribution is -2.01. The molecule has 0 fully saturated rings. The van der Waals surface area contributed by atoms with Gasteiger partial charge in [0.2, 0.25) is 0 Å². The molecule has 1 N–H and O–H groups in total. The summed E-state index contributed by atoms with van der Waals surface area (Å²) in [5.74, 6) is 0.809. The molecule has 0 radical (unpaired) electrons. The molecular formula is C14H14N4S. The second kappa shape index (κ2) is 4.93. The summed E-state index contributed by atoms with van der Waals surface area (Å²) in [5.41, 5.74) is 0.874. The standard InChI is InChI=1S/C14H14N4S/c1-2-9-18-13(16-17-14(18)19)12-11-6-4-3-5-10(11)7-8-15-12/h3-8H,2,9H2,1H3,(H,17,19). The number of H-pyrrole nitrogens is 1. The predicted molar refractivity (Wildman–Crippen MR) is 78.4 cm³/mol. The van der Waals surface area contributed by atoms with Crippen molar-refractivity contribution in [3.8, 4) is 11.5 Å². The molecule has 0 aliphatic carbocycles. The summed E-state index contributed by atoms with van der Waals surface area (Å²) in [6.45, 7) is 2.96. The van der Waals surface area contributed by atoms with E-state index >= 15 is 0 Å². The van der Waals surface area contributed by atoms with E-state index in [-0.39, 0.29) is 0 Å². The maximum Gasteiger partial charge on any atom is 0.195 e. The fraction of sp³-hybridized carbons (Fsp3) is 0.214. The first-order valence-corrected chi connectivity index (χ1v) is 6.71. The molecule has 0 aliphatic heterocycles. The predicted octanol–water partition coefficient (Wildman–Crippen LogP) is 3.57. The van der Waals surface area contributed by atoms with Crippen LogP contribution in [0.15, 0.2) is 36.5 Å². The van der Waals surface area contributed by atoms with E-state index in [1.165, 1.54) is 0 Å². The van der Waals surface area contributed by atoms with Gasteiger partial charge >= 0.3 is 0 Å². The summed E-state index contributed by atoms with van der Waals surface area (Å²) in [7, 11) is 0. The third kappa shape index (κ3) is 2.06. The Hall–Kier alpha value is -2.01. The van der Waals surface area contributed by atoms with E-state index in [1.807, 2.05) is 29.0 Å². The van der Waals surface area contributed by atoms with Crippen LogP contribution in [0.3, 0.4) is 0 Å². The highest BCUT2D eigenvalue weighted by atomic mass is 32.1. The van der Waals surface area contributed by atoms with Gasteiger partial charge in [-0.2, -0.15) is 5.10 Å². The Morgan fingerprint density at radius 1 is 1.26 bits per heavy atom. The van der Waals surface area contributed by atoms with Crippen LogP contribution in [0, 0.1) is 4.77 Å². The van der Waals surface area contributed by atoms with E-state index in [1.54, 1.807) is 0 Å². The average molecular weight is 270 g/mol. The van der Waals surface area contributed by atoms with Gasteiger partial charge < -0.3 is 0 Å². The number of hydrogen-bond donors (Lipinski definition) is 1. The van der Waals surface area contributed by atoms with Gasteiger partial charge in [-0.1, -0.05) is 31.2 Å². The zero-order chi connectivity index (χ0) is 13.2. The van der Waals surface area contributed by atoms with Crippen LogP contribution in [0.4, 0.5) is 0 Å². The maximum atomic E-state index is 5.28. The summed E-state index contributed by atoms with van der Waals surface area (Å²) in [5, 5.41) is 9.45. The van der Waals surface area contributed by atoms with Crippen LogP contribution in [0.2, 0.25) is 0 Å². The van der Waals surface area contributed by atoms with Crippen molar-refractivity contribution < 1.29 is 0 Å². The summed E-state index contributed by atoms with van der Waals surface area (Å²) < 4.78 is 2.65. The first-order valence-electron chi connectivity index (χ1n) is 6.30. The number of benzene rings is 1. The third-order valence-electron chi connectivity index (χ3n) is 3.09. The minimum absolute atomic E-state index is 0.645. The summed E-state index contributed by atoms with van der Waals surface area (Å²) in [6.07, 6.45) is 2.82. The zero-order valence-corrected chi connectivity index (χ0v) is 11.4. The number of fused-ring (bicyclic) bond motifs is 1. The van der Waals surface area contributed by atoms with Crippen LogP contribution >= 0.6 is 12.2 Å². The van der Waals surface area contributed by atoms with Gasteiger partial charge in [0, 0.05) is 18.1 Å². The number of aromatic nitrogens is 4. The van der Waals surface area contributed by atoms with Gasteiger partial charge in [-0.15, -0.1) is 0 Å². The fourth-order valence-corrected chi connectivity index (χ4v) is 2.45. The molecule has 96 valence electrons. The van der Waals surface area contributed by atoms with E-state index < -0.39 is 0 Å². The molecule has 5 heteroatoms. The molecule has 0 saturated heterocycles. The molecule has 0 spiro atoms. The Morgan fingerprint density at radius 3 is 2.95 bits per heavy atom. The van der Waals surface area contributed by atoms with Crippen molar-refractivity contribution in [2.24, 2.45) is 0 Å². The van der Waals surface area contributed by atoms with Gasteiger partial charge in [0.15, 0.2) is 10.6 Å². The molecule has 2 heterocycles. The van der Waals surface area contributed by atoms with E-state index in [0.29, 0.717) is 4.77 Å². The highest BCUT2D eigenvalue weighted by molar-refractivity contribution is 7.71. The second-order valence-electron chi connectivity index (χ2n) is 4.38. The first-order chi connectivity index (χ1) is 9.31. The Morgan fingerprint density at radius 2 is 2.11 bits per heavy atom. The van der Waals surface area contributed by atoms with Crippen molar-refractivity contribution >= 4 is 23.0 Å². The van der Waals surface area contributed by atoms with Crippen molar-refractivity contribution in [1.82, 2.24) is 19.7 Å². The van der Waals surface area contributed by atoms with Crippen LogP contribution in [-0.2, 0) is 6.54 Å². The van der Waals surface area contributed by atoms with Gasteiger partial charge in [-0.25, -0.2) is 0 Å². The van der Waals surface area contributed by atoms with Gasteiger partial charge in [-0.05, 0) is 30.1 Å². The molecular weight excluding hydrogens is 256 g/mol. The van der Waals surface area contributed by atoms with E-state index in [0.717, 1.165) is 35.3 Å². The first kappa shape index (κ1) is 12.0. The van der Waals surface area contributed by atoms with Crippen molar-refractivity contribution in [1.29, 1.82) is 0 Å². The Bertz CT molecular complexity index is 767. The topological polar surface area (TPSA) is 46.5 Å². The molecule has 0 bridgehead atoms. The van der Waals surface area contributed by atoms with Crippen LogP contribution in [0.25, 0.3) is 22.3 Å². The lowest BCUT2D eigenvalue weighted by atomic mass is 10.1. The molecule has 0 saturated carbocycles. The molecule has 3 rings (SSSR count). The highest BCUT2D eigenvalue weighted by Crippen LogP contribution is 2.25. The Balaban J connectivity index is 2.28. The van der Waals surface area contributed by atoms with Crippen LogP contribution < -0.4 is 0 Å². The molecule has 4 nitrogen and oxygen atoms in total. The SMILES string of the molecule is CCCn1c(-c2nccc3ccccc23)n[nH]c1=S. The van der Waals surface area contributed by atoms with Crippen molar-refractivity contribution in [2.45, 2.75) is 19.9 Å². The van der Waals surface area contributed by atoms with Crippen molar-refractivity contribution in [3.05, 3.63) is 41.3 Å². The van der Waals surface area contributed by atoms with Crippen LogP contribution in [0.1, 0.15) is 13.3 Å². The molecule has 19 heavy (non-hydrogen) atoms. The van der Waals surface area contributed by atoms with Gasteiger partial charge in [0.25, 0.3) is 0 Å². The lowest BCUT2D eigenvalue weighted by Gasteiger charge is -2.07. The quantitative estimate of drug-likeness (QED) is 0.740. The largest absolute Gasteiger partial charge is 0.299 e. The van der Waals surface area contributed by atoms with E-state index in [2.05, 4.69) is 34.2 Å².